The van der Waals surface area contributed by atoms with Crippen LogP contribution in [0.15, 0.2) is 52.5 Å². The lowest BCUT2D eigenvalue weighted by Gasteiger charge is -2.21. The quantitative estimate of drug-likeness (QED) is 0.545. The van der Waals surface area contributed by atoms with E-state index < -0.39 is 18.0 Å². The van der Waals surface area contributed by atoms with Crippen LogP contribution in [0.25, 0.3) is 10.6 Å². The zero-order valence-electron chi connectivity index (χ0n) is 15.5. The van der Waals surface area contributed by atoms with Crippen LogP contribution in [0, 0.1) is 5.92 Å². The average molecular weight is 416 g/mol. The van der Waals surface area contributed by atoms with Crippen molar-refractivity contribution in [2.75, 3.05) is 5.32 Å². The van der Waals surface area contributed by atoms with Gasteiger partial charge in [-0.3, -0.25) is 0 Å². The van der Waals surface area contributed by atoms with E-state index in [1.807, 2.05) is 54.3 Å². The highest BCUT2D eigenvalue weighted by Gasteiger charge is 2.26. The number of para-hydroxylation sites is 1. The van der Waals surface area contributed by atoms with Crippen molar-refractivity contribution in [3.63, 3.8) is 0 Å². The summed E-state index contributed by atoms with van der Waals surface area (Å²) < 4.78 is 5.40. The molecule has 3 aromatic rings. The first-order valence-electron chi connectivity index (χ1n) is 8.79. The fourth-order valence-corrected chi connectivity index (χ4v) is 3.97. The lowest BCUT2D eigenvalue weighted by atomic mass is 10.1. The number of amides is 2. The van der Waals surface area contributed by atoms with E-state index in [1.165, 1.54) is 11.3 Å². The largest absolute Gasteiger partial charge is 0.458 e. The summed E-state index contributed by atoms with van der Waals surface area (Å²) in [5, 5.41) is 12.2. The zero-order chi connectivity index (χ0) is 19.9. The monoisotopic (exact) mass is 415 g/mol. The van der Waals surface area contributed by atoms with Crippen LogP contribution in [0.2, 0.25) is 0 Å². The van der Waals surface area contributed by atoms with Crippen molar-refractivity contribution in [3.8, 4) is 10.6 Å². The lowest BCUT2D eigenvalue weighted by Crippen LogP contribution is -2.47. The third-order valence-corrected chi connectivity index (χ3v) is 5.54. The molecule has 0 aliphatic rings. The van der Waals surface area contributed by atoms with Gasteiger partial charge in [0, 0.05) is 22.0 Å². The number of thiophene rings is 1. The third-order valence-electron chi connectivity index (χ3n) is 3.92. The van der Waals surface area contributed by atoms with Crippen LogP contribution in [0.5, 0.6) is 0 Å². The molecular formula is C20H21N3O3S2. The molecule has 8 heteroatoms. The lowest BCUT2D eigenvalue weighted by molar-refractivity contribution is -0.148. The Morgan fingerprint density at radius 2 is 1.93 bits per heavy atom. The van der Waals surface area contributed by atoms with Crippen LogP contribution >= 0.6 is 22.7 Å². The first kappa shape index (κ1) is 20.0. The molecule has 146 valence electrons. The molecule has 3 rings (SSSR count). The van der Waals surface area contributed by atoms with Gasteiger partial charge in [-0.2, -0.15) is 11.3 Å². The first-order chi connectivity index (χ1) is 13.5. The van der Waals surface area contributed by atoms with Crippen molar-refractivity contribution in [3.05, 3.63) is 58.2 Å². The number of thiazole rings is 1. The SMILES string of the molecule is CC(C)[C@@H](NC(=O)Nc1ccccc1)C(=O)OCc1csc(-c2ccsc2)n1. The minimum absolute atomic E-state index is 0.0741. The molecule has 1 aromatic carbocycles. The van der Waals surface area contributed by atoms with E-state index in [2.05, 4.69) is 15.6 Å². The molecule has 0 aliphatic heterocycles. The number of aromatic nitrogens is 1. The molecule has 0 radical (unpaired) electrons. The molecule has 6 nitrogen and oxygen atoms in total. The summed E-state index contributed by atoms with van der Waals surface area (Å²) in [7, 11) is 0. The fraction of sp³-hybridized carbons (Fsp3) is 0.250. The molecular weight excluding hydrogens is 394 g/mol. The second-order valence-corrected chi connectivity index (χ2v) is 8.09. The number of carbonyl (C=O) groups is 2. The number of hydrogen-bond donors (Lipinski definition) is 2. The van der Waals surface area contributed by atoms with Gasteiger partial charge in [-0.15, -0.1) is 11.3 Å². The maximum Gasteiger partial charge on any atom is 0.329 e. The number of esters is 1. The van der Waals surface area contributed by atoms with Crippen LogP contribution in [0.3, 0.4) is 0 Å². The van der Waals surface area contributed by atoms with Gasteiger partial charge in [-0.25, -0.2) is 14.6 Å². The highest BCUT2D eigenvalue weighted by atomic mass is 32.1. The Hall–Kier alpha value is -2.71. The van der Waals surface area contributed by atoms with Crippen LogP contribution in [-0.4, -0.2) is 23.0 Å². The van der Waals surface area contributed by atoms with Gasteiger partial charge >= 0.3 is 12.0 Å². The van der Waals surface area contributed by atoms with E-state index in [1.54, 1.807) is 23.5 Å². The van der Waals surface area contributed by atoms with Crippen molar-refractivity contribution >= 4 is 40.4 Å². The maximum absolute atomic E-state index is 12.5. The van der Waals surface area contributed by atoms with Crippen LogP contribution in [0.1, 0.15) is 19.5 Å². The topological polar surface area (TPSA) is 80.3 Å². The number of carbonyl (C=O) groups excluding carboxylic acids is 2. The molecule has 2 heterocycles. The van der Waals surface area contributed by atoms with Gasteiger partial charge in [-0.1, -0.05) is 32.0 Å². The number of nitrogens with zero attached hydrogens (tertiary/aromatic N) is 1. The normalized spacial score (nSPS) is 11.8. The second kappa shape index (κ2) is 9.48. The standard InChI is InChI=1S/C20H21N3O3S2/c1-13(2)17(23-20(25)22-15-6-4-3-5-7-15)19(24)26-10-16-12-28-18(21-16)14-8-9-27-11-14/h3-9,11-13,17H,10H2,1-2H3,(H2,22,23,25)/t17-/m1/s1. The molecule has 28 heavy (non-hydrogen) atoms. The summed E-state index contributed by atoms with van der Waals surface area (Å²) in [4.78, 5) is 29.2. The van der Waals surface area contributed by atoms with Gasteiger partial charge in [0.1, 0.15) is 17.7 Å². The summed E-state index contributed by atoms with van der Waals surface area (Å²) in [6.45, 7) is 3.78. The number of ether oxygens (including phenoxy) is 1. The fourth-order valence-electron chi connectivity index (χ4n) is 2.45. The highest BCUT2D eigenvalue weighted by molar-refractivity contribution is 7.14. The molecule has 0 bridgehead atoms. The summed E-state index contributed by atoms with van der Waals surface area (Å²) in [5.74, 6) is -0.603. The number of nitrogens with one attached hydrogen (secondary N) is 2. The minimum Gasteiger partial charge on any atom is -0.458 e. The van der Waals surface area contributed by atoms with E-state index in [0.29, 0.717) is 11.4 Å². The van der Waals surface area contributed by atoms with Crippen LogP contribution < -0.4 is 10.6 Å². The highest BCUT2D eigenvalue weighted by Crippen LogP contribution is 2.26. The van der Waals surface area contributed by atoms with Gasteiger partial charge in [0.2, 0.25) is 0 Å². The second-order valence-electron chi connectivity index (χ2n) is 6.45. The Labute approximate surface area is 171 Å². The van der Waals surface area contributed by atoms with Gasteiger partial charge in [-0.05, 0) is 29.5 Å². The molecule has 2 N–H and O–H groups in total. The van der Waals surface area contributed by atoms with E-state index in [4.69, 9.17) is 4.74 Å². The van der Waals surface area contributed by atoms with Gasteiger partial charge in [0.25, 0.3) is 0 Å². The Morgan fingerprint density at radius 1 is 1.14 bits per heavy atom. The van der Waals surface area contributed by atoms with Gasteiger partial charge in [0.05, 0.1) is 5.69 Å². The first-order valence-corrected chi connectivity index (χ1v) is 10.6. The maximum atomic E-state index is 12.5. The number of hydrogen-bond acceptors (Lipinski definition) is 6. The Balaban J connectivity index is 1.55. The molecule has 1 atom stereocenters. The molecule has 0 unspecified atom stereocenters. The van der Waals surface area contributed by atoms with Crippen molar-refractivity contribution in [1.29, 1.82) is 0 Å². The summed E-state index contributed by atoms with van der Waals surface area (Å²) in [6, 6.07) is 9.85. The zero-order valence-corrected chi connectivity index (χ0v) is 17.2. The number of urea groups is 1. The van der Waals surface area contributed by atoms with Crippen molar-refractivity contribution in [1.82, 2.24) is 10.3 Å². The molecule has 0 fully saturated rings. The van der Waals surface area contributed by atoms with Gasteiger partial charge < -0.3 is 15.4 Å². The van der Waals surface area contributed by atoms with Gasteiger partial charge in [0.15, 0.2) is 0 Å². The number of benzene rings is 1. The molecule has 0 saturated carbocycles. The smallest absolute Gasteiger partial charge is 0.329 e. The third kappa shape index (κ3) is 5.40. The van der Waals surface area contributed by atoms with Crippen molar-refractivity contribution in [2.24, 2.45) is 5.92 Å². The van der Waals surface area contributed by atoms with E-state index in [9.17, 15) is 9.59 Å². The van der Waals surface area contributed by atoms with Crippen molar-refractivity contribution < 1.29 is 14.3 Å². The molecule has 2 aromatic heterocycles. The predicted octanol–water partition coefficient (Wildman–Crippen LogP) is 4.76. The molecule has 2 amide bonds. The van der Waals surface area contributed by atoms with Crippen molar-refractivity contribution in [2.45, 2.75) is 26.5 Å². The minimum atomic E-state index is -0.751. The van der Waals surface area contributed by atoms with Crippen LogP contribution in [-0.2, 0) is 16.1 Å². The Morgan fingerprint density at radius 3 is 2.61 bits per heavy atom. The molecule has 0 aliphatic carbocycles. The Kier molecular flexibility index (Phi) is 6.78. The van der Waals surface area contributed by atoms with Crippen LogP contribution in [0.4, 0.5) is 10.5 Å². The molecule has 0 spiro atoms. The average Bonchev–Trinajstić information content (AvgIpc) is 3.36. The summed E-state index contributed by atoms with van der Waals surface area (Å²) in [5.41, 5.74) is 2.40. The van der Waals surface area contributed by atoms with E-state index in [-0.39, 0.29) is 12.5 Å². The molecule has 0 saturated heterocycles. The number of anilines is 1. The Bertz CT molecular complexity index is 908. The van der Waals surface area contributed by atoms with E-state index >= 15 is 0 Å². The summed E-state index contributed by atoms with van der Waals surface area (Å²) >= 11 is 3.12. The van der Waals surface area contributed by atoms with E-state index in [0.717, 1.165) is 10.6 Å². The summed E-state index contributed by atoms with van der Waals surface area (Å²) in [6.07, 6.45) is 0. The predicted molar refractivity (Wildman–Crippen MR) is 112 cm³/mol. The number of rotatable bonds is 7.